The van der Waals surface area contributed by atoms with Gasteiger partial charge in [0, 0.05) is 11.6 Å². The Labute approximate surface area is 122 Å². The van der Waals surface area contributed by atoms with Crippen LogP contribution in [0.2, 0.25) is 23.2 Å². The van der Waals surface area contributed by atoms with Crippen LogP contribution >= 0.6 is 11.6 Å². The van der Waals surface area contributed by atoms with E-state index in [4.69, 9.17) is 16.0 Å². The number of halogens is 1. The number of carbonyl (C=O) groups is 1. The average Bonchev–Trinajstić information content (AvgIpc) is 2.30. The summed E-state index contributed by atoms with van der Waals surface area (Å²) in [6.07, 6.45) is 0.955. The monoisotopic (exact) mass is 298 g/mol. The van der Waals surface area contributed by atoms with Gasteiger partial charge in [0.25, 0.3) is 0 Å². The summed E-state index contributed by atoms with van der Waals surface area (Å²) in [5.41, 5.74) is 0.957. The molecule has 0 aliphatic rings. The average molecular weight is 299 g/mol. The second kappa shape index (κ2) is 6.20. The van der Waals surface area contributed by atoms with Gasteiger partial charge in [0.1, 0.15) is 6.29 Å². The Balaban J connectivity index is 2.74. The molecule has 1 rings (SSSR count). The maximum atomic E-state index is 11.3. The van der Waals surface area contributed by atoms with Crippen LogP contribution in [0.1, 0.15) is 32.3 Å². The van der Waals surface area contributed by atoms with Crippen LogP contribution in [0.3, 0.4) is 0 Å². The lowest BCUT2D eigenvalue weighted by atomic mass is 10.0. The molecule has 0 fully saturated rings. The van der Waals surface area contributed by atoms with Gasteiger partial charge >= 0.3 is 0 Å². The van der Waals surface area contributed by atoms with Crippen molar-refractivity contribution in [3.8, 4) is 0 Å². The molecule has 1 aromatic rings. The zero-order valence-corrected chi connectivity index (χ0v) is 14.1. The van der Waals surface area contributed by atoms with E-state index in [1.54, 1.807) is 12.1 Å². The molecule has 19 heavy (non-hydrogen) atoms. The molecule has 0 radical (unpaired) electrons. The van der Waals surface area contributed by atoms with E-state index in [-0.39, 0.29) is 11.0 Å². The van der Waals surface area contributed by atoms with Crippen LogP contribution in [0, 0.1) is 0 Å². The molecule has 0 saturated carbocycles. The molecule has 0 aromatic heterocycles. The molecule has 106 valence electrons. The molecule has 0 bridgehead atoms. The second-order valence-corrected chi connectivity index (χ2v) is 11.6. The Hall–Kier alpha value is -0.643. The quantitative estimate of drug-likeness (QED) is 0.584. The Bertz CT molecular complexity index is 421. The summed E-state index contributed by atoms with van der Waals surface area (Å²) < 4.78 is 6.11. The molecule has 0 spiro atoms. The first-order chi connectivity index (χ1) is 8.67. The molecule has 0 aliphatic carbocycles. The van der Waals surface area contributed by atoms with Gasteiger partial charge in [-0.15, -0.1) is 0 Å². The molecule has 0 aliphatic heterocycles. The van der Waals surface area contributed by atoms with Gasteiger partial charge in [-0.1, -0.05) is 44.5 Å². The third-order valence-corrected chi connectivity index (χ3v) is 8.65. The molecule has 2 nitrogen and oxygen atoms in total. The van der Waals surface area contributed by atoms with Crippen molar-refractivity contribution in [1.82, 2.24) is 0 Å². The maximum absolute atomic E-state index is 11.3. The van der Waals surface area contributed by atoms with E-state index in [0.29, 0.717) is 11.6 Å². The van der Waals surface area contributed by atoms with Crippen molar-refractivity contribution in [2.45, 2.75) is 44.8 Å². The van der Waals surface area contributed by atoms with Gasteiger partial charge in [-0.25, -0.2) is 0 Å². The summed E-state index contributed by atoms with van der Waals surface area (Å²) in [6.45, 7) is 11.4. The maximum Gasteiger partial charge on any atom is 0.192 e. The number of hydrogen-bond donors (Lipinski definition) is 0. The normalized spacial score (nSPS) is 14.2. The van der Waals surface area contributed by atoms with Crippen molar-refractivity contribution in [2.75, 3.05) is 6.61 Å². The first-order valence-electron chi connectivity index (χ1n) is 6.52. The Morgan fingerprint density at radius 1 is 1.26 bits per heavy atom. The highest BCUT2D eigenvalue weighted by molar-refractivity contribution is 6.74. The van der Waals surface area contributed by atoms with Gasteiger partial charge in [-0.3, -0.25) is 0 Å². The van der Waals surface area contributed by atoms with E-state index in [1.165, 1.54) is 0 Å². The van der Waals surface area contributed by atoms with Crippen molar-refractivity contribution in [3.63, 3.8) is 0 Å². The number of carbonyl (C=O) groups excluding carboxylic acids is 1. The lowest BCUT2D eigenvalue weighted by Crippen LogP contribution is -2.41. The molecule has 0 saturated heterocycles. The zero-order chi connectivity index (χ0) is 14.7. The van der Waals surface area contributed by atoms with Crippen molar-refractivity contribution < 1.29 is 9.22 Å². The molecule has 0 heterocycles. The Morgan fingerprint density at radius 3 is 2.21 bits per heavy atom. The first kappa shape index (κ1) is 16.4. The fourth-order valence-corrected chi connectivity index (χ4v) is 2.59. The van der Waals surface area contributed by atoms with Crippen LogP contribution in [0.4, 0.5) is 0 Å². The van der Waals surface area contributed by atoms with E-state index < -0.39 is 8.32 Å². The van der Waals surface area contributed by atoms with Gasteiger partial charge in [-0.05, 0) is 35.8 Å². The van der Waals surface area contributed by atoms with E-state index >= 15 is 0 Å². The third kappa shape index (κ3) is 4.44. The van der Waals surface area contributed by atoms with Crippen LogP contribution in [-0.2, 0) is 9.22 Å². The van der Waals surface area contributed by atoms with Crippen molar-refractivity contribution in [1.29, 1.82) is 0 Å². The number of benzene rings is 1. The predicted molar refractivity (Wildman–Crippen MR) is 83.4 cm³/mol. The number of rotatable bonds is 5. The van der Waals surface area contributed by atoms with Gasteiger partial charge in [0.05, 0.1) is 5.92 Å². The fourth-order valence-electron chi connectivity index (χ4n) is 1.44. The van der Waals surface area contributed by atoms with E-state index in [2.05, 4.69) is 33.9 Å². The van der Waals surface area contributed by atoms with Gasteiger partial charge in [0.2, 0.25) is 0 Å². The number of hydrogen-bond acceptors (Lipinski definition) is 2. The second-order valence-electron chi connectivity index (χ2n) is 6.37. The molecule has 1 unspecified atom stereocenters. The zero-order valence-electron chi connectivity index (χ0n) is 12.4. The van der Waals surface area contributed by atoms with Gasteiger partial charge in [-0.2, -0.15) is 0 Å². The summed E-state index contributed by atoms with van der Waals surface area (Å²) in [6, 6.07) is 7.38. The molecular weight excluding hydrogens is 276 g/mol. The van der Waals surface area contributed by atoms with Gasteiger partial charge < -0.3 is 9.22 Å². The minimum absolute atomic E-state index is 0.153. The van der Waals surface area contributed by atoms with Crippen LogP contribution in [0.15, 0.2) is 24.3 Å². The largest absolute Gasteiger partial charge is 0.416 e. The van der Waals surface area contributed by atoms with Crippen LogP contribution in [0.25, 0.3) is 0 Å². The summed E-state index contributed by atoms with van der Waals surface area (Å²) in [5, 5.41) is 0.833. The smallest absolute Gasteiger partial charge is 0.192 e. The van der Waals surface area contributed by atoms with E-state index in [0.717, 1.165) is 11.8 Å². The molecule has 4 heteroatoms. The highest BCUT2D eigenvalue weighted by Crippen LogP contribution is 2.37. The fraction of sp³-hybridized carbons (Fsp3) is 0.533. The summed E-state index contributed by atoms with van der Waals surface area (Å²) in [5.74, 6) is -0.216. The lowest BCUT2D eigenvalue weighted by Gasteiger charge is -2.36. The SMILES string of the molecule is CC(C)(C)[Si](C)(C)OCC(C=O)c1ccc(Cl)cc1. The van der Waals surface area contributed by atoms with Crippen LogP contribution in [-0.4, -0.2) is 21.2 Å². The Morgan fingerprint density at radius 2 is 1.79 bits per heavy atom. The Kier molecular flexibility index (Phi) is 5.36. The molecule has 1 atom stereocenters. The van der Waals surface area contributed by atoms with Crippen LogP contribution in [0.5, 0.6) is 0 Å². The summed E-state index contributed by atoms with van der Waals surface area (Å²) in [4.78, 5) is 11.3. The predicted octanol–water partition coefficient (Wildman–Crippen LogP) is 4.64. The molecule has 0 N–H and O–H groups in total. The highest BCUT2D eigenvalue weighted by Gasteiger charge is 2.37. The minimum atomic E-state index is -1.81. The van der Waals surface area contributed by atoms with Crippen LogP contribution < -0.4 is 0 Å². The topological polar surface area (TPSA) is 26.3 Å². The number of aldehydes is 1. The minimum Gasteiger partial charge on any atom is -0.416 e. The molecule has 1 aromatic carbocycles. The first-order valence-corrected chi connectivity index (χ1v) is 9.81. The van der Waals surface area contributed by atoms with E-state index in [1.807, 2.05) is 12.1 Å². The lowest BCUT2D eigenvalue weighted by molar-refractivity contribution is -0.109. The van der Waals surface area contributed by atoms with Crippen molar-refractivity contribution >= 4 is 26.2 Å². The van der Waals surface area contributed by atoms with Crippen molar-refractivity contribution in [3.05, 3.63) is 34.9 Å². The molecular formula is C15H23ClO2Si. The highest BCUT2D eigenvalue weighted by atomic mass is 35.5. The van der Waals surface area contributed by atoms with E-state index in [9.17, 15) is 4.79 Å². The summed E-state index contributed by atoms with van der Waals surface area (Å²) in [7, 11) is -1.81. The van der Waals surface area contributed by atoms with Crippen molar-refractivity contribution in [2.24, 2.45) is 0 Å². The standard InChI is InChI=1S/C15H23ClO2Si/c1-15(2,3)19(4,5)18-11-13(10-17)12-6-8-14(16)9-7-12/h6-10,13H,11H2,1-5H3. The summed E-state index contributed by atoms with van der Waals surface area (Å²) >= 11 is 5.86. The molecule has 0 amide bonds. The third-order valence-electron chi connectivity index (χ3n) is 3.89. The van der Waals surface area contributed by atoms with Gasteiger partial charge in [0.15, 0.2) is 8.32 Å².